The molecule has 1 aliphatic rings. The van der Waals surface area contributed by atoms with Gasteiger partial charge in [0.1, 0.15) is 5.60 Å². The number of nitrogens with one attached hydrogen (secondary N) is 1. The molecular weight excluding hydrogens is 314 g/mol. The molecule has 2 heterocycles. The van der Waals surface area contributed by atoms with Crippen molar-refractivity contribution in [2.24, 2.45) is 0 Å². The highest BCUT2D eigenvalue weighted by atomic mass is 16.6. The van der Waals surface area contributed by atoms with Gasteiger partial charge >= 0.3 is 6.09 Å². The molecule has 2 aromatic rings. The van der Waals surface area contributed by atoms with E-state index in [2.05, 4.69) is 51.6 Å². The highest BCUT2D eigenvalue weighted by molar-refractivity contribution is 5.67. The number of hydrogen-bond donors (Lipinski definition) is 1. The minimum atomic E-state index is -0.494. The first-order chi connectivity index (χ1) is 11.9. The average Bonchev–Trinajstić information content (AvgIpc) is 2.51. The minimum Gasteiger partial charge on any atom is -0.444 e. The normalized spacial score (nSPS) is 14.8. The largest absolute Gasteiger partial charge is 0.444 e. The summed E-state index contributed by atoms with van der Waals surface area (Å²) in [6.45, 7) is 7.93. The molecule has 3 rings (SSSR count). The second-order valence-corrected chi connectivity index (χ2v) is 7.37. The van der Waals surface area contributed by atoms with E-state index < -0.39 is 11.7 Å². The summed E-state index contributed by atoms with van der Waals surface area (Å²) in [6.07, 6.45) is 1.39. The number of ether oxygens (including phenoxy) is 1. The third-order valence-electron chi connectivity index (χ3n) is 4.13. The van der Waals surface area contributed by atoms with Crippen LogP contribution < -0.4 is 10.2 Å². The molecule has 132 valence electrons. The number of carbonyl (C=O) groups is 1. The Morgan fingerprint density at radius 3 is 2.64 bits per heavy atom. The summed E-state index contributed by atoms with van der Waals surface area (Å²) in [5.74, 6) is 0.503. The molecule has 0 spiro atoms. The second kappa shape index (κ2) is 7.13. The molecule has 1 fully saturated rings. The van der Waals surface area contributed by atoms with Crippen molar-refractivity contribution in [3.8, 4) is 0 Å². The number of alkyl carbamates (subject to hydrolysis) is 1. The number of benzene rings is 1. The van der Waals surface area contributed by atoms with Gasteiger partial charge in [0.15, 0.2) is 0 Å². The molecule has 1 aromatic heterocycles. The maximum absolute atomic E-state index is 11.8. The van der Waals surface area contributed by atoms with Crippen LogP contribution >= 0.6 is 0 Å². The number of para-hydroxylation sites is 1. The molecule has 5 heteroatoms. The standard InChI is InChI=1S/C20H25N3O2/c1-20(2,3)25-19(24)22-12-17-11-15(9-10-21-17)16-13-23(14-16)18-7-5-4-6-8-18/h4-11,16H,12-14H2,1-3H3,(H,22,24). The van der Waals surface area contributed by atoms with E-state index in [1.54, 1.807) is 0 Å². The molecule has 0 bridgehead atoms. The summed E-state index contributed by atoms with van der Waals surface area (Å²) in [5, 5.41) is 2.76. The molecule has 1 aromatic carbocycles. The quantitative estimate of drug-likeness (QED) is 0.922. The molecule has 1 amide bonds. The zero-order valence-electron chi connectivity index (χ0n) is 15.0. The first-order valence-electron chi connectivity index (χ1n) is 8.62. The van der Waals surface area contributed by atoms with Crippen LogP contribution in [0.5, 0.6) is 0 Å². The summed E-state index contributed by atoms with van der Waals surface area (Å²) in [5.41, 5.74) is 2.89. The fourth-order valence-corrected chi connectivity index (χ4v) is 2.86. The zero-order valence-corrected chi connectivity index (χ0v) is 15.0. The lowest BCUT2D eigenvalue weighted by Crippen LogP contribution is -2.45. The van der Waals surface area contributed by atoms with Crippen LogP contribution in [-0.4, -0.2) is 29.8 Å². The summed E-state index contributed by atoms with van der Waals surface area (Å²) >= 11 is 0. The zero-order chi connectivity index (χ0) is 17.9. The Balaban J connectivity index is 1.53. The van der Waals surface area contributed by atoms with Crippen LogP contribution in [0.4, 0.5) is 10.5 Å². The number of hydrogen-bond acceptors (Lipinski definition) is 4. The van der Waals surface area contributed by atoms with Crippen LogP contribution in [0, 0.1) is 0 Å². The number of carbonyl (C=O) groups excluding carboxylic acids is 1. The number of pyridine rings is 1. The smallest absolute Gasteiger partial charge is 0.407 e. The third-order valence-corrected chi connectivity index (χ3v) is 4.13. The second-order valence-electron chi connectivity index (χ2n) is 7.37. The fourth-order valence-electron chi connectivity index (χ4n) is 2.86. The van der Waals surface area contributed by atoms with E-state index >= 15 is 0 Å². The Labute approximate surface area is 149 Å². The Kier molecular flexibility index (Phi) is 4.93. The van der Waals surface area contributed by atoms with E-state index in [4.69, 9.17) is 4.74 Å². The predicted octanol–water partition coefficient (Wildman–Crippen LogP) is 3.71. The van der Waals surface area contributed by atoms with Gasteiger partial charge < -0.3 is 15.0 Å². The topological polar surface area (TPSA) is 54.5 Å². The first kappa shape index (κ1) is 17.3. The molecule has 0 atom stereocenters. The monoisotopic (exact) mass is 339 g/mol. The summed E-state index contributed by atoms with van der Waals surface area (Å²) in [4.78, 5) is 18.5. The lowest BCUT2D eigenvalue weighted by Gasteiger charge is -2.41. The van der Waals surface area contributed by atoms with Gasteiger partial charge in [-0.15, -0.1) is 0 Å². The Bertz CT molecular complexity index is 719. The summed E-state index contributed by atoms with van der Waals surface area (Å²) in [6, 6.07) is 14.6. The van der Waals surface area contributed by atoms with Gasteiger partial charge in [-0.25, -0.2) is 4.79 Å². The molecule has 1 saturated heterocycles. The predicted molar refractivity (Wildman–Crippen MR) is 98.7 cm³/mol. The van der Waals surface area contributed by atoms with E-state index in [9.17, 15) is 4.79 Å². The highest BCUT2D eigenvalue weighted by Gasteiger charge is 2.28. The SMILES string of the molecule is CC(C)(C)OC(=O)NCc1cc(C2CN(c3ccccc3)C2)ccn1. The molecule has 25 heavy (non-hydrogen) atoms. The average molecular weight is 339 g/mol. The summed E-state index contributed by atoms with van der Waals surface area (Å²) < 4.78 is 5.25. The van der Waals surface area contributed by atoms with Gasteiger partial charge in [-0.05, 0) is 50.6 Å². The van der Waals surface area contributed by atoms with Crippen molar-refractivity contribution >= 4 is 11.8 Å². The third kappa shape index (κ3) is 4.72. The Morgan fingerprint density at radius 1 is 1.24 bits per heavy atom. The van der Waals surface area contributed by atoms with Gasteiger partial charge in [-0.1, -0.05) is 18.2 Å². The maximum atomic E-state index is 11.8. The van der Waals surface area contributed by atoms with Crippen molar-refractivity contribution in [2.75, 3.05) is 18.0 Å². The maximum Gasteiger partial charge on any atom is 0.407 e. The number of amides is 1. The lowest BCUT2D eigenvalue weighted by molar-refractivity contribution is 0.0523. The van der Waals surface area contributed by atoms with Gasteiger partial charge in [-0.2, -0.15) is 0 Å². The van der Waals surface area contributed by atoms with Crippen LogP contribution in [0.25, 0.3) is 0 Å². The van der Waals surface area contributed by atoms with E-state index in [1.165, 1.54) is 11.3 Å². The van der Waals surface area contributed by atoms with Crippen LogP contribution in [0.3, 0.4) is 0 Å². The Morgan fingerprint density at radius 2 is 1.96 bits per heavy atom. The number of nitrogens with zero attached hydrogens (tertiary/aromatic N) is 2. The van der Waals surface area contributed by atoms with E-state index in [-0.39, 0.29) is 0 Å². The molecule has 1 aliphatic heterocycles. The highest BCUT2D eigenvalue weighted by Crippen LogP contribution is 2.31. The van der Waals surface area contributed by atoms with Crippen LogP contribution in [0.1, 0.15) is 37.9 Å². The number of anilines is 1. The van der Waals surface area contributed by atoms with Crippen molar-refractivity contribution in [3.63, 3.8) is 0 Å². The fraction of sp³-hybridized carbons (Fsp3) is 0.400. The Hall–Kier alpha value is -2.56. The van der Waals surface area contributed by atoms with Gasteiger partial charge in [0, 0.05) is 30.9 Å². The van der Waals surface area contributed by atoms with Crippen molar-refractivity contribution in [1.82, 2.24) is 10.3 Å². The molecule has 0 aliphatic carbocycles. The minimum absolute atomic E-state index is 0.373. The molecule has 0 radical (unpaired) electrons. The van der Waals surface area contributed by atoms with Crippen molar-refractivity contribution in [3.05, 3.63) is 59.9 Å². The molecular formula is C20H25N3O2. The van der Waals surface area contributed by atoms with Gasteiger partial charge in [-0.3, -0.25) is 4.98 Å². The molecule has 1 N–H and O–H groups in total. The summed E-state index contributed by atoms with van der Waals surface area (Å²) in [7, 11) is 0. The lowest BCUT2D eigenvalue weighted by atomic mass is 9.91. The van der Waals surface area contributed by atoms with Gasteiger partial charge in [0.25, 0.3) is 0 Å². The molecule has 0 saturated carbocycles. The van der Waals surface area contributed by atoms with Crippen molar-refractivity contribution < 1.29 is 9.53 Å². The van der Waals surface area contributed by atoms with E-state index in [0.717, 1.165) is 18.8 Å². The van der Waals surface area contributed by atoms with Crippen molar-refractivity contribution in [1.29, 1.82) is 0 Å². The van der Waals surface area contributed by atoms with Gasteiger partial charge in [0.05, 0.1) is 12.2 Å². The molecule has 0 unspecified atom stereocenters. The first-order valence-corrected chi connectivity index (χ1v) is 8.62. The number of aromatic nitrogens is 1. The van der Waals surface area contributed by atoms with Crippen molar-refractivity contribution in [2.45, 2.75) is 38.8 Å². The van der Waals surface area contributed by atoms with Crippen LogP contribution in [0.2, 0.25) is 0 Å². The van der Waals surface area contributed by atoms with Gasteiger partial charge in [0.2, 0.25) is 0 Å². The van der Waals surface area contributed by atoms with E-state index in [1.807, 2.05) is 33.0 Å². The van der Waals surface area contributed by atoms with E-state index in [0.29, 0.717) is 12.5 Å². The van der Waals surface area contributed by atoms with Crippen LogP contribution in [0.15, 0.2) is 48.7 Å². The number of rotatable bonds is 4. The van der Waals surface area contributed by atoms with Crippen LogP contribution in [-0.2, 0) is 11.3 Å². The molecule has 5 nitrogen and oxygen atoms in total.